The topological polar surface area (TPSA) is 58.7 Å². The average Bonchev–Trinajstić information content (AvgIpc) is 2.46. The maximum Gasteiger partial charge on any atom is 0.119 e. The molecule has 0 aromatic heterocycles. The van der Waals surface area contributed by atoms with Crippen molar-refractivity contribution in [3.05, 3.63) is 29.8 Å². The van der Waals surface area contributed by atoms with E-state index in [1.807, 2.05) is 36.0 Å². The molecule has 1 aliphatic heterocycles. The summed E-state index contributed by atoms with van der Waals surface area (Å²) in [5, 5.41) is 9.99. The molecular weight excluding hydrogens is 292 g/mol. The van der Waals surface area contributed by atoms with E-state index in [0.717, 1.165) is 35.9 Å². The van der Waals surface area contributed by atoms with Gasteiger partial charge < -0.3 is 15.6 Å². The van der Waals surface area contributed by atoms with E-state index in [1.54, 1.807) is 0 Å². The van der Waals surface area contributed by atoms with Gasteiger partial charge >= 0.3 is 0 Å². The normalized spacial score (nSPS) is 17.6. The Bertz CT molecular complexity index is 433. The van der Waals surface area contributed by atoms with Crippen LogP contribution in [0.4, 0.5) is 0 Å². The number of β-amino-alcohol motifs (C(OH)–C–C–N with tert-alkyl or cyclic N) is 1. The van der Waals surface area contributed by atoms with Gasteiger partial charge in [0.15, 0.2) is 0 Å². The second-order valence-corrected chi connectivity index (χ2v) is 6.43. The van der Waals surface area contributed by atoms with Crippen molar-refractivity contribution in [3.63, 3.8) is 0 Å². The van der Waals surface area contributed by atoms with Crippen molar-refractivity contribution in [2.75, 3.05) is 37.7 Å². The van der Waals surface area contributed by atoms with Gasteiger partial charge in [-0.25, -0.2) is 0 Å². The summed E-state index contributed by atoms with van der Waals surface area (Å²) in [4.78, 5) is 2.65. The summed E-state index contributed by atoms with van der Waals surface area (Å²) in [6, 6.07) is 7.29. The molecule has 0 saturated carbocycles. The van der Waals surface area contributed by atoms with Crippen LogP contribution in [0.3, 0.4) is 0 Å². The fourth-order valence-electron chi connectivity index (χ4n) is 2.04. The highest BCUT2D eigenvalue weighted by atomic mass is 32.2. The number of ether oxygens (including phenoxy) is 1. The van der Waals surface area contributed by atoms with Crippen LogP contribution in [-0.2, 0) is 0 Å². The molecule has 1 unspecified atom stereocenters. The fourth-order valence-corrected chi connectivity index (χ4v) is 3.16. The van der Waals surface area contributed by atoms with Crippen LogP contribution in [-0.4, -0.2) is 58.8 Å². The summed E-state index contributed by atoms with van der Waals surface area (Å²) in [6.07, 6.45) is -0.464. The lowest BCUT2D eigenvalue weighted by atomic mass is 10.2. The lowest BCUT2D eigenvalue weighted by molar-refractivity contribution is 0.0715. The summed E-state index contributed by atoms with van der Waals surface area (Å²) in [5.74, 6) is 3.01. The highest BCUT2D eigenvalue weighted by molar-refractivity contribution is 7.99. The summed E-state index contributed by atoms with van der Waals surface area (Å²) in [5.41, 5.74) is 6.35. The molecule has 1 heterocycles. The molecule has 1 aromatic carbocycles. The molecule has 110 valence electrons. The third-order valence-electron chi connectivity index (χ3n) is 3.15. The van der Waals surface area contributed by atoms with E-state index in [1.165, 1.54) is 0 Å². The Kier molecular flexibility index (Phi) is 6.09. The van der Waals surface area contributed by atoms with Crippen molar-refractivity contribution in [3.8, 4) is 5.75 Å². The molecule has 20 heavy (non-hydrogen) atoms. The summed E-state index contributed by atoms with van der Waals surface area (Å²) in [6.45, 7) is 3.07. The van der Waals surface area contributed by atoms with Crippen LogP contribution in [0.2, 0.25) is 0 Å². The van der Waals surface area contributed by atoms with Crippen LogP contribution >= 0.6 is 24.0 Å². The summed E-state index contributed by atoms with van der Waals surface area (Å²) in [7, 11) is 0. The Labute approximate surface area is 129 Å². The smallest absolute Gasteiger partial charge is 0.119 e. The van der Waals surface area contributed by atoms with Gasteiger partial charge in [-0.05, 0) is 24.3 Å². The van der Waals surface area contributed by atoms with Crippen molar-refractivity contribution in [1.82, 2.24) is 4.90 Å². The molecule has 1 saturated heterocycles. The van der Waals surface area contributed by atoms with Crippen LogP contribution in [0.25, 0.3) is 0 Å². The standard InChI is InChI=1S/C14H20N2O2S2/c15-14(19)11-1-3-13(4-2-11)18-10-12(17)9-16-5-7-20-8-6-16/h1-4,12,17H,5-10H2,(H2,15,19). The maximum absolute atomic E-state index is 9.99. The van der Waals surface area contributed by atoms with Crippen molar-refractivity contribution >= 4 is 29.0 Å². The van der Waals surface area contributed by atoms with E-state index in [4.69, 9.17) is 22.7 Å². The molecule has 3 N–H and O–H groups in total. The minimum Gasteiger partial charge on any atom is -0.491 e. The highest BCUT2D eigenvalue weighted by Crippen LogP contribution is 2.13. The zero-order chi connectivity index (χ0) is 14.4. The minimum absolute atomic E-state index is 0.302. The molecule has 0 amide bonds. The Morgan fingerprint density at radius 2 is 2.00 bits per heavy atom. The molecule has 4 nitrogen and oxygen atoms in total. The second-order valence-electron chi connectivity index (χ2n) is 4.77. The number of benzene rings is 1. The summed E-state index contributed by atoms with van der Waals surface area (Å²) >= 11 is 6.86. The van der Waals surface area contributed by atoms with Gasteiger partial charge in [0.05, 0.1) is 0 Å². The highest BCUT2D eigenvalue weighted by Gasteiger charge is 2.15. The van der Waals surface area contributed by atoms with E-state index < -0.39 is 6.10 Å². The molecule has 1 aromatic rings. The predicted octanol–water partition coefficient (Wildman–Crippen LogP) is 1.11. The molecule has 0 radical (unpaired) electrons. The molecular formula is C14H20N2O2S2. The largest absolute Gasteiger partial charge is 0.491 e. The Morgan fingerprint density at radius 3 is 2.60 bits per heavy atom. The van der Waals surface area contributed by atoms with Crippen LogP contribution in [0.1, 0.15) is 5.56 Å². The first-order valence-electron chi connectivity index (χ1n) is 6.66. The van der Waals surface area contributed by atoms with Gasteiger partial charge in [0, 0.05) is 36.7 Å². The number of rotatable bonds is 6. The lowest BCUT2D eigenvalue weighted by Gasteiger charge is -2.28. The van der Waals surface area contributed by atoms with E-state index in [9.17, 15) is 5.11 Å². The van der Waals surface area contributed by atoms with Gasteiger partial charge in [0.1, 0.15) is 23.4 Å². The SMILES string of the molecule is NC(=S)c1ccc(OCC(O)CN2CCSCC2)cc1. The summed E-state index contributed by atoms with van der Waals surface area (Å²) < 4.78 is 5.58. The predicted molar refractivity (Wildman–Crippen MR) is 87.6 cm³/mol. The molecule has 1 fully saturated rings. The molecule has 1 atom stereocenters. The minimum atomic E-state index is -0.464. The number of thiocarbonyl (C=S) groups is 1. The number of hydrogen-bond acceptors (Lipinski definition) is 5. The van der Waals surface area contributed by atoms with Crippen molar-refractivity contribution in [2.45, 2.75) is 6.10 Å². The van der Waals surface area contributed by atoms with Crippen LogP contribution in [0.5, 0.6) is 5.75 Å². The first-order chi connectivity index (χ1) is 9.65. The van der Waals surface area contributed by atoms with Gasteiger partial charge in [0.25, 0.3) is 0 Å². The Hall–Kier alpha value is -0.820. The molecule has 0 aliphatic carbocycles. The first-order valence-corrected chi connectivity index (χ1v) is 8.22. The number of aliphatic hydroxyl groups excluding tert-OH is 1. The fraction of sp³-hybridized carbons (Fsp3) is 0.500. The van der Waals surface area contributed by atoms with Crippen LogP contribution in [0.15, 0.2) is 24.3 Å². The van der Waals surface area contributed by atoms with Crippen molar-refractivity contribution in [1.29, 1.82) is 0 Å². The first kappa shape index (κ1) is 15.6. The van der Waals surface area contributed by atoms with E-state index in [0.29, 0.717) is 18.1 Å². The Balaban J connectivity index is 1.74. The van der Waals surface area contributed by atoms with Crippen molar-refractivity contribution in [2.24, 2.45) is 5.73 Å². The molecule has 0 bridgehead atoms. The number of thioether (sulfide) groups is 1. The van der Waals surface area contributed by atoms with E-state index >= 15 is 0 Å². The molecule has 2 rings (SSSR count). The number of aliphatic hydroxyl groups is 1. The van der Waals surface area contributed by atoms with Crippen LogP contribution < -0.4 is 10.5 Å². The van der Waals surface area contributed by atoms with Gasteiger partial charge in [-0.15, -0.1) is 0 Å². The number of nitrogens with two attached hydrogens (primary N) is 1. The van der Waals surface area contributed by atoms with E-state index in [-0.39, 0.29) is 0 Å². The van der Waals surface area contributed by atoms with Crippen LogP contribution in [0, 0.1) is 0 Å². The molecule has 1 aliphatic rings. The average molecular weight is 312 g/mol. The third kappa shape index (κ3) is 4.94. The third-order valence-corrected chi connectivity index (χ3v) is 4.33. The number of nitrogens with zero attached hydrogens (tertiary/aromatic N) is 1. The zero-order valence-corrected chi connectivity index (χ0v) is 13.0. The van der Waals surface area contributed by atoms with Gasteiger partial charge in [-0.3, -0.25) is 4.90 Å². The zero-order valence-electron chi connectivity index (χ0n) is 11.3. The monoisotopic (exact) mass is 312 g/mol. The second kappa shape index (κ2) is 7.83. The lowest BCUT2D eigenvalue weighted by Crippen LogP contribution is -2.40. The Morgan fingerprint density at radius 1 is 1.35 bits per heavy atom. The quantitative estimate of drug-likeness (QED) is 0.768. The maximum atomic E-state index is 9.99. The van der Waals surface area contributed by atoms with Gasteiger partial charge in [0.2, 0.25) is 0 Å². The molecule has 6 heteroatoms. The van der Waals surface area contributed by atoms with Gasteiger partial charge in [-0.1, -0.05) is 12.2 Å². The van der Waals surface area contributed by atoms with E-state index in [2.05, 4.69) is 4.90 Å². The number of hydrogen-bond donors (Lipinski definition) is 2. The van der Waals surface area contributed by atoms with Gasteiger partial charge in [-0.2, -0.15) is 11.8 Å². The molecule has 0 spiro atoms. The van der Waals surface area contributed by atoms with Crippen molar-refractivity contribution < 1.29 is 9.84 Å².